The van der Waals surface area contributed by atoms with Crippen molar-refractivity contribution in [2.24, 2.45) is 0 Å². The standard InChI is InChI=1S/C22H24BrN3O3S/c1-14(2)29-19-9-8-16(23)13-18(19)20(27)25-22(30)24-17-7-5-6-15(12-17)21(28)26-10-3-4-11-26/h5-9,12-14H,3-4,10-11H2,1-2H3,(H2,24,25,27,30). The summed E-state index contributed by atoms with van der Waals surface area (Å²) in [7, 11) is 0. The first-order valence-electron chi connectivity index (χ1n) is 9.81. The molecule has 0 unspecified atom stereocenters. The van der Waals surface area contributed by atoms with E-state index in [4.69, 9.17) is 17.0 Å². The number of nitrogens with one attached hydrogen (secondary N) is 2. The zero-order chi connectivity index (χ0) is 21.7. The molecule has 1 aliphatic rings. The summed E-state index contributed by atoms with van der Waals surface area (Å²) in [4.78, 5) is 27.2. The van der Waals surface area contributed by atoms with Gasteiger partial charge in [0.05, 0.1) is 11.7 Å². The van der Waals surface area contributed by atoms with Gasteiger partial charge in [-0.1, -0.05) is 22.0 Å². The van der Waals surface area contributed by atoms with Crippen molar-refractivity contribution >= 4 is 50.8 Å². The highest BCUT2D eigenvalue weighted by Crippen LogP contribution is 2.24. The van der Waals surface area contributed by atoms with Gasteiger partial charge in [0.2, 0.25) is 0 Å². The first kappa shape index (κ1) is 22.2. The SMILES string of the molecule is CC(C)Oc1ccc(Br)cc1C(=O)NC(=S)Nc1cccc(C(=O)N2CCCC2)c1. The summed E-state index contributed by atoms with van der Waals surface area (Å²) in [5.41, 5.74) is 1.61. The molecule has 6 nitrogen and oxygen atoms in total. The number of hydrogen-bond acceptors (Lipinski definition) is 4. The Morgan fingerprint density at radius 2 is 1.87 bits per heavy atom. The molecule has 0 spiro atoms. The summed E-state index contributed by atoms with van der Waals surface area (Å²) in [5, 5.41) is 5.79. The van der Waals surface area contributed by atoms with Crippen molar-refractivity contribution in [2.75, 3.05) is 18.4 Å². The Morgan fingerprint density at radius 3 is 2.57 bits per heavy atom. The fourth-order valence-electron chi connectivity index (χ4n) is 3.20. The Labute approximate surface area is 190 Å². The highest BCUT2D eigenvalue weighted by atomic mass is 79.9. The van der Waals surface area contributed by atoms with E-state index >= 15 is 0 Å². The van der Waals surface area contributed by atoms with Crippen molar-refractivity contribution in [1.29, 1.82) is 0 Å². The Bertz CT molecular complexity index is 958. The lowest BCUT2D eigenvalue weighted by molar-refractivity contribution is 0.0792. The third-order valence-electron chi connectivity index (χ3n) is 4.54. The highest BCUT2D eigenvalue weighted by molar-refractivity contribution is 9.10. The predicted octanol–water partition coefficient (Wildman–Crippen LogP) is 4.60. The van der Waals surface area contributed by atoms with Gasteiger partial charge in [-0.2, -0.15) is 0 Å². The number of rotatable bonds is 5. The lowest BCUT2D eigenvalue weighted by Gasteiger charge is -2.17. The zero-order valence-corrected chi connectivity index (χ0v) is 19.3. The summed E-state index contributed by atoms with van der Waals surface area (Å²) in [6.07, 6.45) is 2.01. The quantitative estimate of drug-likeness (QED) is 0.600. The Morgan fingerprint density at radius 1 is 1.13 bits per heavy atom. The number of nitrogens with zero attached hydrogens (tertiary/aromatic N) is 1. The fraction of sp³-hybridized carbons (Fsp3) is 0.318. The Kier molecular flexibility index (Phi) is 7.44. The molecule has 2 N–H and O–H groups in total. The summed E-state index contributed by atoms with van der Waals surface area (Å²) < 4.78 is 6.48. The molecule has 0 aromatic heterocycles. The number of hydrogen-bond donors (Lipinski definition) is 2. The molecule has 0 atom stereocenters. The van der Waals surface area contributed by atoms with E-state index in [1.807, 2.05) is 24.8 Å². The molecule has 8 heteroatoms. The minimum atomic E-state index is -0.381. The van der Waals surface area contributed by atoms with Crippen LogP contribution in [0.3, 0.4) is 0 Å². The topological polar surface area (TPSA) is 70.7 Å². The number of benzene rings is 2. The van der Waals surface area contributed by atoms with Crippen LogP contribution in [0.25, 0.3) is 0 Å². The molecule has 1 aliphatic heterocycles. The molecule has 30 heavy (non-hydrogen) atoms. The summed E-state index contributed by atoms with van der Waals surface area (Å²) in [6, 6.07) is 12.3. The molecule has 1 saturated heterocycles. The molecule has 1 fully saturated rings. The molecular weight excluding hydrogens is 466 g/mol. The Balaban J connectivity index is 1.67. The maximum absolute atomic E-state index is 12.7. The van der Waals surface area contributed by atoms with Gasteiger partial charge in [0.25, 0.3) is 11.8 Å². The van der Waals surface area contributed by atoms with Crippen LogP contribution in [0.2, 0.25) is 0 Å². The average Bonchev–Trinajstić information content (AvgIpc) is 3.23. The number of carbonyl (C=O) groups is 2. The van der Waals surface area contributed by atoms with Crippen LogP contribution >= 0.6 is 28.1 Å². The van der Waals surface area contributed by atoms with Gasteiger partial charge in [-0.15, -0.1) is 0 Å². The number of halogens is 1. The Hall–Kier alpha value is -2.45. The minimum Gasteiger partial charge on any atom is -0.490 e. The molecule has 2 aromatic rings. The van der Waals surface area contributed by atoms with Crippen LogP contribution in [-0.2, 0) is 0 Å². The molecule has 2 amide bonds. The van der Waals surface area contributed by atoms with Crippen LogP contribution in [0.15, 0.2) is 46.9 Å². The first-order valence-corrected chi connectivity index (χ1v) is 11.0. The van der Waals surface area contributed by atoms with Crippen molar-refractivity contribution in [2.45, 2.75) is 32.8 Å². The highest BCUT2D eigenvalue weighted by Gasteiger charge is 2.20. The normalized spacial score (nSPS) is 13.3. The summed E-state index contributed by atoms with van der Waals surface area (Å²) >= 11 is 8.68. The monoisotopic (exact) mass is 489 g/mol. The first-order chi connectivity index (χ1) is 14.3. The second-order valence-electron chi connectivity index (χ2n) is 7.30. The van der Waals surface area contributed by atoms with Gasteiger partial charge in [0.1, 0.15) is 5.75 Å². The van der Waals surface area contributed by atoms with Crippen molar-refractivity contribution in [3.05, 3.63) is 58.1 Å². The summed E-state index contributed by atoms with van der Waals surface area (Å²) in [6.45, 7) is 5.37. The molecular formula is C22H24BrN3O3S. The lowest BCUT2D eigenvalue weighted by Crippen LogP contribution is -2.34. The van der Waals surface area contributed by atoms with Gasteiger partial charge in [0, 0.05) is 28.8 Å². The van der Waals surface area contributed by atoms with Gasteiger partial charge in [-0.3, -0.25) is 14.9 Å². The van der Waals surface area contributed by atoms with Crippen LogP contribution in [0.4, 0.5) is 5.69 Å². The zero-order valence-electron chi connectivity index (χ0n) is 16.9. The van der Waals surface area contributed by atoms with Gasteiger partial charge >= 0.3 is 0 Å². The van der Waals surface area contributed by atoms with E-state index in [1.54, 1.807) is 36.4 Å². The van der Waals surface area contributed by atoms with Crippen LogP contribution in [0, 0.1) is 0 Å². The van der Waals surface area contributed by atoms with Gasteiger partial charge in [-0.25, -0.2) is 0 Å². The van der Waals surface area contributed by atoms with E-state index < -0.39 is 0 Å². The van der Waals surface area contributed by atoms with E-state index in [2.05, 4.69) is 26.6 Å². The number of anilines is 1. The molecule has 0 radical (unpaired) electrons. The number of likely N-dealkylation sites (tertiary alicyclic amines) is 1. The lowest BCUT2D eigenvalue weighted by atomic mass is 10.1. The second-order valence-corrected chi connectivity index (χ2v) is 8.62. The fourth-order valence-corrected chi connectivity index (χ4v) is 3.77. The molecule has 158 valence electrons. The molecule has 2 aromatic carbocycles. The number of ether oxygens (including phenoxy) is 1. The smallest absolute Gasteiger partial charge is 0.261 e. The third kappa shape index (κ3) is 5.79. The van der Waals surface area contributed by atoms with E-state index in [-0.39, 0.29) is 23.0 Å². The largest absolute Gasteiger partial charge is 0.490 e. The van der Waals surface area contributed by atoms with Crippen LogP contribution in [0.1, 0.15) is 47.4 Å². The number of carbonyl (C=O) groups excluding carboxylic acids is 2. The molecule has 0 saturated carbocycles. The number of thiocarbonyl (C=S) groups is 1. The molecule has 1 heterocycles. The van der Waals surface area contributed by atoms with E-state index in [1.165, 1.54) is 0 Å². The molecule has 0 bridgehead atoms. The summed E-state index contributed by atoms with van der Waals surface area (Å²) in [5.74, 6) is 0.108. The van der Waals surface area contributed by atoms with E-state index in [0.29, 0.717) is 22.6 Å². The van der Waals surface area contributed by atoms with Crippen LogP contribution in [-0.4, -0.2) is 41.0 Å². The molecule has 0 aliphatic carbocycles. The van der Waals surface area contributed by atoms with Gasteiger partial charge < -0.3 is 15.0 Å². The van der Waals surface area contributed by atoms with Crippen molar-refractivity contribution < 1.29 is 14.3 Å². The average molecular weight is 490 g/mol. The second kappa shape index (κ2) is 10.0. The predicted molar refractivity (Wildman–Crippen MR) is 125 cm³/mol. The van der Waals surface area contributed by atoms with Crippen molar-refractivity contribution in [3.8, 4) is 5.75 Å². The van der Waals surface area contributed by atoms with Crippen molar-refractivity contribution in [3.63, 3.8) is 0 Å². The van der Waals surface area contributed by atoms with Gasteiger partial charge in [0.15, 0.2) is 5.11 Å². The van der Waals surface area contributed by atoms with E-state index in [0.717, 1.165) is 30.4 Å². The van der Waals surface area contributed by atoms with Gasteiger partial charge in [-0.05, 0) is 75.3 Å². The van der Waals surface area contributed by atoms with Crippen LogP contribution < -0.4 is 15.4 Å². The van der Waals surface area contributed by atoms with Crippen molar-refractivity contribution in [1.82, 2.24) is 10.2 Å². The van der Waals surface area contributed by atoms with E-state index in [9.17, 15) is 9.59 Å². The third-order valence-corrected chi connectivity index (χ3v) is 5.23. The number of amides is 2. The maximum Gasteiger partial charge on any atom is 0.261 e. The maximum atomic E-state index is 12.7. The molecule has 3 rings (SSSR count). The van der Waals surface area contributed by atoms with Crippen LogP contribution in [0.5, 0.6) is 5.75 Å². The minimum absolute atomic E-state index is 0.00992.